The molecule has 1 atom stereocenters. The summed E-state index contributed by atoms with van der Waals surface area (Å²) in [5.74, 6) is 1.05. The second kappa shape index (κ2) is 5.75. The Morgan fingerprint density at radius 3 is 1.85 bits per heavy atom. The van der Waals surface area contributed by atoms with Gasteiger partial charge in [0.15, 0.2) is 5.16 Å². The van der Waals surface area contributed by atoms with Crippen LogP contribution in [-0.2, 0) is 4.57 Å². The number of hydrogen-bond donors (Lipinski definition) is 0. The first-order chi connectivity index (χ1) is 6.01. The van der Waals surface area contributed by atoms with Gasteiger partial charge in [-0.1, -0.05) is 45.6 Å². The van der Waals surface area contributed by atoms with Gasteiger partial charge in [-0.25, -0.2) is 0 Å². The zero-order valence-corrected chi connectivity index (χ0v) is 10.7. The lowest BCUT2D eigenvalue weighted by atomic mass is 9.80. The van der Waals surface area contributed by atoms with E-state index in [9.17, 15) is 4.57 Å². The molecule has 0 aliphatic rings. The summed E-state index contributed by atoms with van der Waals surface area (Å²) in [6.45, 7) is 11.0. The molecule has 0 aliphatic carbocycles. The highest BCUT2D eigenvalue weighted by molar-refractivity contribution is 7.26. The van der Waals surface area contributed by atoms with Crippen molar-refractivity contribution in [2.45, 2.75) is 59.0 Å². The van der Waals surface area contributed by atoms with Gasteiger partial charge < -0.3 is 0 Å². The summed E-state index contributed by atoms with van der Waals surface area (Å²) in [4.78, 5) is 0. The molecular weight excluding hydrogens is 179 g/mol. The van der Waals surface area contributed by atoms with E-state index < -0.39 is 0 Å². The summed E-state index contributed by atoms with van der Waals surface area (Å²) in [5.41, 5.74) is 0. The van der Waals surface area contributed by atoms with E-state index in [2.05, 4.69) is 34.6 Å². The lowest BCUT2D eigenvalue weighted by molar-refractivity contribution is 0.296. The van der Waals surface area contributed by atoms with Crippen molar-refractivity contribution in [2.24, 2.45) is 11.8 Å². The minimum atomic E-state index is -0.160. The lowest BCUT2D eigenvalue weighted by Crippen LogP contribution is -2.34. The average Bonchev–Trinajstić information content (AvgIpc) is 2.05. The first-order valence-corrected chi connectivity index (χ1v) is 6.31. The molecule has 1 nitrogen and oxygen atoms in total. The first kappa shape index (κ1) is 13.1. The summed E-state index contributed by atoms with van der Waals surface area (Å²) in [7, 11) is -0.160. The third kappa shape index (κ3) is 3.06. The van der Waals surface area contributed by atoms with Gasteiger partial charge in [-0.2, -0.15) is 0 Å². The highest BCUT2D eigenvalue weighted by Gasteiger charge is 2.44. The summed E-state index contributed by atoms with van der Waals surface area (Å²) < 4.78 is 11.4. The van der Waals surface area contributed by atoms with E-state index in [1.165, 1.54) is 12.8 Å². The SMILES string of the molecule is CCCCC([PH+]=O)(C(C)C)C(C)C. The number of unbranched alkanes of at least 4 members (excludes halogenated alkanes) is 1. The Labute approximate surface area is 84.5 Å². The molecule has 13 heavy (non-hydrogen) atoms. The van der Waals surface area contributed by atoms with Gasteiger partial charge in [0.25, 0.3) is 0 Å². The van der Waals surface area contributed by atoms with Crippen LogP contribution in [0.2, 0.25) is 0 Å². The van der Waals surface area contributed by atoms with E-state index in [4.69, 9.17) is 0 Å². The van der Waals surface area contributed by atoms with Crippen molar-refractivity contribution < 1.29 is 4.57 Å². The van der Waals surface area contributed by atoms with Crippen LogP contribution >= 0.6 is 8.46 Å². The minimum Gasteiger partial charge on any atom is -0.0768 e. The Hall–Kier alpha value is 0.100. The molecule has 2 heteroatoms. The van der Waals surface area contributed by atoms with Crippen LogP contribution in [-0.4, -0.2) is 5.16 Å². The van der Waals surface area contributed by atoms with Crippen LogP contribution in [0, 0.1) is 11.8 Å². The summed E-state index contributed by atoms with van der Waals surface area (Å²) in [6.07, 6.45) is 3.51. The van der Waals surface area contributed by atoms with Gasteiger partial charge in [-0.15, -0.1) is 0 Å². The van der Waals surface area contributed by atoms with Crippen LogP contribution in [0.5, 0.6) is 0 Å². The molecule has 1 unspecified atom stereocenters. The van der Waals surface area contributed by atoms with Gasteiger partial charge in [0, 0.05) is 11.8 Å². The maximum absolute atomic E-state index is 11.4. The van der Waals surface area contributed by atoms with Crippen LogP contribution in [0.15, 0.2) is 0 Å². The Kier molecular flexibility index (Phi) is 5.80. The highest BCUT2D eigenvalue weighted by Crippen LogP contribution is 2.42. The molecule has 0 N–H and O–H groups in total. The van der Waals surface area contributed by atoms with E-state index in [1.54, 1.807) is 0 Å². The Balaban J connectivity index is 4.55. The smallest absolute Gasteiger partial charge is 0.0768 e. The quantitative estimate of drug-likeness (QED) is 0.590. The van der Waals surface area contributed by atoms with Crippen molar-refractivity contribution in [3.05, 3.63) is 0 Å². The molecule has 0 radical (unpaired) electrons. The molecule has 0 saturated carbocycles. The van der Waals surface area contributed by atoms with Crippen LogP contribution in [0.4, 0.5) is 0 Å². The lowest BCUT2D eigenvalue weighted by Gasteiger charge is -2.28. The average molecular weight is 203 g/mol. The van der Waals surface area contributed by atoms with E-state index in [0.717, 1.165) is 6.42 Å². The van der Waals surface area contributed by atoms with Crippen molar-refractivity contribution in [3.8, 4) is 0 Å². The van der Waals surface area contributed by atoms with Gasteiger partial charge in [0.1, 0.15) is 0 Å². The highest BCUT2D eigenvalue weighted by atomic mass is 31.1. The molecule has 0 bridgehead atoms. The Morgan fingerprint density at radius 2 is 1.62 bits per heavy atom. The molecule has 0 fully saturated rings. The predicted molar refractivity (Wildman–Crippen MR) is 60.9 cm³/mol. The maximum Gasteiger partial charge on any atom is 0.331 e. The zero-order valence-electron chi connectivity index (χ0n) is 9.68. The molecule has 0 aromatic heterocycles. The Morgan fingerprint density at radius 1 is 1.15 bits per heavy atom. The molecule has 0 heterocycles. The molecule has 0 saturated heterocycles. The van der Waals surface area contributed by atoms with Crippen LogP contribution in [0.25, 0.3) is 0 Å². The first-order valence-electron chi connectivity index (χ1n) is 5.40. The van der Waals surface area contributed by atoms with E-state index in [-0.39, 0.29) is 13.6 Å². The van der Waals surface area contributed by atoms with Gasteiger partial charge in [-0.3, -0.25) is 0 Å². The largest absolute Gasteiger partial charge is 0.331 e. The van der Waals surface area contributed by atoms with Crippen molar-refractivity contribution in [3.63, 3.8) is 0 Å². The third-order valence-corrected chi connectivity index (χ3v) is 4.98. The fourth-order valence-electron chi connectivity index (χ4n) is 2.00. The van der Waals surface area contributed by atoms with Crippen LogP contribution < -0.4 is 0 Å². The van der Waals surface area contributed by atoms with Gasteiger partial charge in [0.2, 0.25) is 0 Å². The monoisotopic (exact) mass is 203 g/mol. The van der Waals surface area contributed by atoms with E-state index in [0.29, 0.717) is 11.8 Å². The fourth-order valence-corrected chi connectivity index (χ4v) is 2.75. The third-order valence-electron chi connectivity index (χ3n) is 3.19. The molecule has 0 aromatic rings. The molecule has 0 aliphatic heterocycles. The molecule has 0 spiro atoms. The second-order valence-corrected chi connectivity index (χ2v) is 5.69. The predicted octanol–water partition coefficient (Wildman–Crippen LogP) is 4.25. The van der Waals surface area contributed by atoms with Crippen LogP contribution in [0.1, 0.15) is 53.9 Å². The van der Waals surface area contributed by atoms with Gasteiger partial charge in [0.05, 0.1) is 0 Å². The van der Waals surface area contributed by atoms with Crippen molar-refractivity contribution in [1.29, 1.82) is 0 Å². The topological polar surface area (TPSA) is 17.1 Å². The molecule has 78 valence electrons. The maximum atomic E-state index is 11.4. The summed E-state index contributed by atoms with van der Waals surface area (Å²) in [5, 5.41) is 0.0655. The van der Waals surface area contributed by atoms with Crippen LogP contribution in [0.3, 0.4) is 0 Å². The van der Waals surface area contributed by atoms with Crippen molar-refractivity contribution in [1.82, 2.24) is 0 Å². The fraction of sp³-hybridized carbons (Fsp3) is 1.00. The van der Waals surface area contributed by atoms with Crippen molar-refractivity contribution >= 4 is 8.46 Å². The summed E-state index contributed by atoms with van der Waals surface area (Å²) in [6, 6.07) is 0. The van der Waals surface area contributed by atoms with E-state index in [1.807, 2.05) is 0 Å². The normalized spacial score (nSPS) is 13.2. The van der Waals surface area contributed by atoms with E-state index >= 15 is 0 Å². The summed E-state index contributed by atoms with van der Waals surface area (Å²) >= 11 is 0. The molecule has 0 rings (SSSR count). The second-order valence-electron chi connectivity index (χ2n) is 4.56. The number of hydrogen-bond acceptors (Lipinski definition) is 1. The van der Waals surface area contributed by atoms with Gasteiger partial charge >= 0.3 is 8.46 Å². The Bertz CT molecular complexity index is 144. The van der Waals surface area contributed by atoms with Crippen molar-refractivity contribution in [2.75, 3.05) is 0 Å². The molecule has 0 amide bonds. The molecular formula is C11H24OP+. The number of rotatable bonds is 6. The zero-order chi connectivity index (χ0) is 10.5. The van der Waals surface area contributed by atoms with Gasteiger partial charge in [-0.05, 0) is 12.8 Å². The molecule has 0 aromatic carbocycles. The standard InChI is InChI=1S/C11H23OP/c1-6-7-8-11(13-12,9(2)3)10(4)5/h9-10H,6-8H2,1-5H3/p+1. The minimum absolute atomic E-state index is 0.0655.